The molecule has 2 N–H and O–H groups in total. The van der Waals surface area contributed by atoms with E-state index in [1.165, 1.54) is 12.3 Å². The maximum Gasteiger partial charge on any atom is 0.339 e. The molecule has 0 atom stereocenters. The first-order valence-corrected chi connectivity index (χ1v) is 6.65. The summed E-state index contributed by atoms with van der Waals surface area (Å²) in [5.74, 6) is -0.594. The fourth-order valence-corrected chi connectivity index (χ4v) is 2.22. The SMILES string of the molecule is O=C(O)c1ccoc1CNc1cc(Br)ccc1Br. The van der Waals surface area contributed by atoms with Crippen LogP contribution in [0.3, 0.4) is 0 Å². The molecule has 0 aliphatic heterocycles. The number of furan rings is 1. The van der Waals surface area contributed by atoms with Crippen LogP contribution in [-0.4, -0.2) is 11.1 Å². The van der Waals surface area contributed by atoms with Gasteiger partial charge in [-0.15, -0.1) is 0 Å². The first kappa shape index (κ1) is 13.2. The molecule has 0 aliphatic carbocycles. The van der Waals surface area contributed by atoms with Crippen molar-refractivity contribution in [3.05, 3.63) is 50.8 Å². The molecule has 0 fully saturated rings. The number of anilines is 1. The smallest absolute Gasteiger partial charge is 0.339 e. The number of carboxylic acids is 1. The molecule has 2 aromatic rings. The van der Waals surface area contributed by atoms with Crippen LogP contribution in [0.1, 0.15) is 16.1 Å². The topological polar surface area (TPSA) is 62.5 Å². The van der Waals surface area contributed by atoms with Gasteiger partial charge in [-0.05, 0) is 40.2 Å². The molecule has 0 saturated heterocycles. The highest BCUT2D eigenvalue weighted by Crippen LogP contribution is 2.27. The number of carbonyl (C=O) groups is 1. The molecule has 1 aromatic carbocycles. The summed E-state index contributed by atoms with van der Waals surface area (Å²) in [6, 6.07) is 7.14. The van der Waals surface area contributed by atoms with Gasteiger partial charge < -0.3 is 14.8 Å². The van der Waals surface area contributed by atoms with Crippen molar-refractivity contribution < 1.29 is 14.3 Å². The van der Waals surface area contributed by atoms with E-state index in [1.807, 2.05) is 18.2 Å². The molecule has 94 valence electrons. The van der Waals surface area contributed by atoms with Crippen LogP contribution in [0.4, 0.5) is 5.69 Å². The van der Waals surface area contributed by atoms with Gasteiger partial charge in [0.1, 0.15) is 11.3 Å². The number of carboxylic acid groups (broad SMARTS) is 1. The first-order valence-electron chi connectivity index (χ1n) is 5.06. The lowest BCUT2D eigenvalue weighted by molar-refractivity contribution is 0.0694. The molecule has 0 bridgehead atoms. The largest absolute Gasteiger partial charge is 0.478 e. The summed E-state index contributed by atoms with van der Waals surface area (Å²) in [4.78, 5) is 10.9. The number of nitrogens with one attached hydrogen (secondary N) is 1. The van der Waals surface area contributed by atoms with Gasteiger partial charge in [0.25, 0.3) is 0 Å². The van der Waals surface area contributed by atoms with Crippen molar-refractivity contribution in [2.75, 3.05) is 5.32 Å². The number of halogens is 2. The quantitative estimate of drug-likeness (QED) is 0.845. The lowest BCUT2D eigenvalue weighted by Crippen LogP contribution is -2.05. The molecule has 0 spiro atoms. The minimum Gasteiger partial charge on any atom is -0.478 e. The van der Waals surface area contributed by atoms with Crippen molar-refractivity contribution in [1.82, 2.24) is 0 Å². The third-order valence-corrected chi connectivity index (χ3v) is 3.53. The van der Waals surface area contributed by atoms with Crippen LogP contribution in [0, 0.1) is 0 Å². The lowest BCUT2D eigenvalue weighted by Gasteiger charge is -2.08. The summed E-state index contributed by atoms with van der Waals surface area (Å²) in [5.41, 5.74) is 1.03. The number of hydrogen-bond donors (Lipinski definition) is 2. The van der Waals surface area contributed by atoms with Crippen molar-refractivity contribution in [3.8, 4) is 0 Å². The predicted octanol–water partition coefficient (Wildman–Crippen LogP) is 4.11. The fraction of sp³-hybridized carbons (Fsp3) is 0.0833. The Morgan fingerprint density at radius 1 is 1.33 bits per heavy atom. The fourth-order valence-electron chi connectivity index (χ4n) is 1.48. The molecular formula is C12H9Br2NO3. The molecule has 0 aliphatic rings. The molecular weight excluding hydrogens is 366 g/mol. The highest BCUT2D eigenvalue weighted by Gasteiger charge is 2.13. The Morgan fingerprint density at radius 3 is 2.83 bits per heavy atom. The molecule has 1 heterocycles. The highest BCUT2D eigenvalue weighted by atomic mass is 79.9. The second-order valence-electron chi connectivity index (χ2n) is 3.54. The summed E-state index contributed by atoms with van der Waals surface area (Å²) >= 11 is 6.79. The van der Waals surface area contributed by atoms with E-state index in [9.17, 15) is 4.79 Å². The van der Waals surface area contributed by atoms with Gasteiger partial charge in [-0.2, -0.15) is 0 Å². The van der Waals surface area contributed by atoms with Gasteiger partial charge in [0, 0.05) is 14.6 Å². The summed E-state index contributed by atoms with van der Waals surface area (Å²) in [6.45, 7) is 0.309. The second kappa shape index (κ2) is 5.58. The molecule has 0 unspecified atom stereocenters. The highest BCUT2D eigenvalue weighted by molar-refractivity contribution is 9.11. The van der Waals surface area contributed by atoms with Crippen LogP contribution in [0.15, 0.2) is 43.9 Å². The summed E-state index contributed by atoms with van der Waals surface area (Å²) in [7, 11) is 0. The van der Waals surface area contributed by atoms with E-state index in [2.05, 4.69) is 37.2 Å². The zero-order valence-corrected chi connectivity index (χ0v) is 12.3. The first-order chi connectivity index (χ1) is 8.58. The van der Waals surface area contributed by atoms with Crippen molar-refractivity contribution in [3.63, 3.8) is 0 Å². The molecule has 2 rings (SSSR count). The Hall–Kier alpha value is -1.27. The van der Waals surface area contributed by atoms with Crippen LogP contribution in [0.2, 0.25) is 0 Å². The van der Waals surface area contributed by atoms with Crippen LogP contribution >= 0.6 is 31.9 Å². The van der Waals surface area contributed by atoms with E-state index in [1.54, 1.807) is 0 Å². The number of hydrogen-bond acceptors (Lipinski definition) is 3. The van der Waals surface area contributed by atoms with Gasteiger partial charge in [-0.3, -0.25) is 0 Å². The van der Waals surface area contributed by atoms with E-state index >= 15 is 0 Å². The van der Waals surface area contributed by atoms with Crippen LogP contribution in [-0.2, 0) is 6.54 Å². The third-order valence-electron chi connectivity index (χ3n) is 2.34. The minimum absolute atomic E-state index is 0.175. The zero-order valence-electron chi connectivity index (χ0n) is 9.11. The lowest BCUT2D eigenvalue weighted by atomic mass is 10.2. The molecule has 0 amide bonds. The van der Waals surface area contributed by atoms with Crippen molar-refractivity contribution >= 4 is 43.5 Å². The maximum absolute atomic E-state index is 10.9. The van der Waals surface area contributed by atoms with Crippen LogP contribution in [0.5, 0.6) is 0 Å². The van der Waals surface area contributed by atoms with E-state index in [-0.39, 0.29) is 5.56 Å². The third kappa shape index (κ3) is 2.94. The Kier molecular flexibility index (Phi) is 4.08. The molecule has 0 radical (unpaired) electrons. The normalized spacial score (nSPS) is 10.3. The molecule has 18 heavy (non-hydrogen) atoms. The zero-order chi connectivity index (χ0) is 13.1. The van der Waals surface area contributed by atoms with Crippen molar-refractivity contribution in [1.29, 1.82) is 0 Å². The number of benzene rings is 1. The Bertz CT molecular complexity index is 580. The van der Waals surface area contributed by atoms with Gasteiger partial charge >= 0.3 is 5.97 Å². The average Bonchev–Trinajstić information content (AvgIpc) is 2.79. The Labute approximate surface area is 120 Å². The molecule has 1 aromatic heterocycles. The van der Waals surface area contributed by atoms with E-state index in [0.717, 1.165) is 14.6 Å². The second-order valence-corrected chi connectivity index (χ2v) is 5.31. The van der Waals surface area contributed by atoms with Gasteiger partial charge in [-0.1, -0.05) is 15.9 Å². The average molecular weight is 375 g/mol. The standard InChI is InChI=1S/C12H9Br2NO3/c13-7-1-2-9(14)10(5-7)15-6-11-8(12(16)17)3-4-18-11/h1-5,15H,6H2,(H,16,17). The molecule has 4 nitrogen and oxygen atoms in total. The number of rotatable bonds is 4. The predicted molar refractivity (Wildman–Crippen MR) is 74.8 cm³/mol. The Morgan fingerprint density at radius 2 is 2.11 bits per heavy atom. The Balaban J connectivity index is 2.14. The minimum atomic E-state index is -0.992. The van der Waals surface area contributed by atoms with E-state index < -0.39 is 5.97 Å². The van der Waals surface area contributed by atoms with Crippen molar-refractivity contribution in [2.24, 2.45) is 0 Å². The van der Waals surface area contributed by atoms with Gasteiger partial charge in [0.2, 0.25) is 0 Å². The van der Waals surface area contributed by atoms with Crippen molar-refractivity contribution in [2.45, 2.75) is 6.54 Å². The summed E-state index contributed by atoms with van der Waals surface area (Å²) in [6.07, 6.45) is 1.37. The summed E-state index contributed by atoms with van der Waals surface area (Å²) < 4.78 is 6.98. The van der Waals surface area contributed by atoms with E-state index in [4.69, 9.17) is 9.52 Å². The monoisotopic (exact) mass is 373 g/mol. The van der Waals surface area contributed by atoms with Gasteiger partial charge in [0.15, 0.2) is 0 Å². The van der Waals surface area contributed by atoms with E-state index in [0.29, 0.717) is 12.3 Å². The van der Waals surface area contributed by atoms with Gasteiger partial charge in [-0.25, -0.2) is 4.79 Å². The van der Waals surface area contributed by atoms with Gasteiger partial charge in [0.05, 0.1) is 12.8 Å². The molecule has 0 saturated carbocycles. The summed E-state index contributed by atoms with van der Waals surface area (Å²) in [5, 5.41) is 12.1. The number of aromatic carboxylic acids is 1. The van der Waals surface area contributed by atoms with Crippen LogP contribution < -0.4 is 5.32 Å². The van der Waals surface area contributed by atoms with Crippen LogP contribution in [0.25, 0.3) is 0 Å². The molecule has 6 heteroatoms. The maximum atomic E-state index is 10.9.